The Labute approximate surface area is 167 Å². The first-order chi connectivity index (χ1) is 14.0. The topological polar surface area (TPSA) is 94.8 Å². The molecule has 1 aliphatic heterocycles. The van der Waals surface area contributed by atoms with E-state index in [-0.39, 0.29) is 36.8 Å². The number of nitrogens with zero attached hydrogens (tertiary/aromatic N) is 3. The Morgan fingerprint density at radius 3 is 2.69 bits per heavy atom. The summed E-state index contributed by atoms with van der Waals surface area (Å²) in [6.07, 6.45) is 0.300. The first-order valence-corrected chi connectivity index (χ1v) is 8.97. The molecule has 2 amide bonds. The molecule has 0 bridgehead atoms. The van der Waals surface area contributed by atoms with E-state index in [0.29, 0.717) is 16.9 Å². The molecular weight excluding hydrogens is 375 g/mol. The summed E-state index contributed by atoms with van der Waals surface area (Å²) < 4.78 is 18.3. The van der Waals surface area contributed by atoms with E-state index >= 15 is 0 Å². The van der Waals surface area contributed by atoms with E-state index in [9.17, 15) is 19.2 Å². The van der Waals surface area contributed by atoms with Crippen LogP contribution in [0.25, 0.3) is 0 Å². The number of nitrogens with one attached hydrogen (secondary N) is 1. The molecule has 7 nitrogen and oxygen atoms in total. The van der Waals surface area contributed by atoms with Crippen molar-refractivity contribution >= 4 is 17.5 Å². The third kappa shape index (κ3) is 4.76. The maximum atomic E-state index is 13.1. The van der Waals surface area contributed by atoms with E-state index in [4.69, 9.17) is 4.74 Å². The Hall–Kier alpha value is -3.73. The molecule has 0 saturated heterocycles. The van der Waals surface area contributed by atoms with Crippen molar-refractivity contribution < 1.29 is 18.7 Å². The summed E-state index contributed by atoms with van der Waals surface area (Å²) in [5.41, 5.74) is 1.37. The van der Waals surface area contributed by atoms with E-state index in [0.717, 1.165) is 0 Å². The van der Waals surface area contributed by atoms with Crippen molar-refractivity contribution in [2.45, 2.75) is 25.4 Å². The van der Waals surface area contributed by atoms with Crippen LogP contribution < -0.4 is 10.1 Å². The fourth-order valence-electron chi connectivity index (χ4n) is 2.95. The highest BCUT2D eigenvalue weighted by atomic mass is 19.1. The summed E-state index contributed by atoms with van der Waals surface area (Å²) in [6, 6.07) is 13.7. The molecule has 1 unspecified atom stereocenters. The van der Waals surface area contributed by atoms with Gasteiger partial charge in [-0.25, -0.2) is 9.40 Å². The molecule has 0 radical (unpaired) electrons. The van der Waals surface area contributed by atoms with Crippen LogP contribution in [0.15, 0.2) is 53.6 Å². The van der Waals surface area contributed by atoms with Crippen molar-refractivity contribution in [3.8, 4) is 11.8 Å². The second kappa shape index (κ2) is 8.97. The number of para-hydroxylation sites is 1. The minimum Gasteiger partial charge on any atom is -0.496 e. The first-order valence-electron chi connectivity index (χ1n) is 8.97. The lowest BCUT2D eigenvalue weighted by Crippen LogP contribution is -2.40. The van der Waals surface area contributed by atoms with Crippen molar-refractivity contribution in [3.63, 3.8) is 0 Å². The lowest BCUT2D eigenvalue weighted by molar-refractivity contribution is -0.132. The molecule has 3 rings (SSSR count). The average Bonchev–Trinajstić information content (AvgIpc) is 2.75. The highest BCUT2D eigenvalue weighted by Crippen LogP contribution is 2.24. The number of ether oxygens (including phenoxy) is 1. The van der Waals surface area contributed by atoms with Gasteiger partial charge in [0.25, 0.3) is 5.91 Å². The van der Waals surface area contributed by atoms with E-state index in [2.05, 4.69) is 10.4 Å². The zero-order chi connectivity index (χ0) is 20.8. The summed E-state index contributed by atoms with van der Waals surface area (Å²) >= 11 is 0. The molecule has 1 atom stereocenters. The molecule has 0 spiro atoms. The van der Waals surface area contributed by atoms with Gasteiger partial charge in [0.2, 0.25) is 5.91 Å². The highest BCUT2D eigenvalue weighted by Gasteiger charge is 2.27. The lowest BCUT2D eigenvalue weighted by Gasteiger charge is -2.24. The van der Waals surface area contributed by atoms with Crippen molar-refractivity contribution in [1.82, 2.24) is 10.3 Å². The quantitative estimate of drug-likeness (QED) is 0.815. The predicted octanol–water partition coefficient (Wildman–Crippen LogP) is 2.69. The number of halogens is 1. The summed E-state index contributed by atoms with van der Waals surface area (Å²) in [5, 5.41) is 17.5. The van der Waals surface area contributed by atoms with Crippen LogP contribution in [-0.4, -0.2) is 29.6 Å². The molecule has 0 saturated carbocycles. The maximum Gasteiger partial charge on any atom is 0.268 e. The van der Waals surface area contributed by atoms with Crippen LogP contribution in [0, 0.1) is 17.1 Å². The van der Waals surface area contributed by atoms with Crippen LogP contribution in [0.2, 0.25) is 0 Å². The minimum absolute atomic E-state index is 0.124. The third-order valence-corrected chi connectivity index (χ3v) is 4.47. The average molecular weight is 394 g/mol. The molecule has 2 aromatic carbocycles. The molecule has 8 heteroatoms. The van der Waals surface area contributed by atoms with Gasteiger partial charge in [0.05, 0.1) is 19.7 Å². The molecule has 148 valence electrons. The zero-order valence-corrected chi connectivity index (χ0v) is 15.8. The van der Waals surface area contributed by atoms with Gasteiger partial charge >= 0.3 is 0 Å². The van der Waals surface area contributed by atoms with Gasteiger partial charge in [-0.15, -0.1) is 0 Å². The van der Waals surface area contributed by atoms with Gasteiger partial charge in [-0.3, -0.25) is 9.59 Å². The monoisotopic (exact) mass is 394 g/mol. The van der Waals surface area contributed by atoms with Gasteiger partial charge in [-0.1, -0.05) is 30.3 Å². The summed E-state index contributed by atoms with van der Waals surface area (Å²) in [4.78, 5) is 24.8. The van der Waals surface area contributed by atoms with Crippen LogP contribution in [-0.2, 0) is 16.1 Å². The van der Waals surface area contributed by atoms with Crippen LogP contribution in [0.5, 0.6) is 5.75 Å². The smallest absolute Gasteiger partial charge is 0.268 e. The number of rotatable bonds is 6. The normalized spacial score (nSPS) is 14.6. The molecule has 1 N–H and O–H groups in total. The van der Waals surface area contributed by atoms with Gasteiger partial charge in [-0.05, 0) is 23.8 Å². The van der Waals surface area contributed by atoms with E-state index in [1.165, 1.54) is 24.3 Å². The number of carbonyl (C=O) groups is 2. The number of methoxy groups -OCH3 is 1. The third-order valence-electron chi connectivity index (χ3n) is 4.47. The van der Waals surface area contributed by atoms with E-state index in [1.54, 1.807) is 36.4 Å². The largest absolute Gasteiger partial charge is 0.496 e. The van der Waals surface area contributed by atoms with Crippen molar-refractivity contribution in [2.75, 3.05) is 7.11 Å². The number of benzene rings is 2. The Morgan fingerprint density at radius 1 is 1.28 bits per heavy atom. The summed E-state index contributed by atoms with van der Waals surface area (Å²) in [6.45, 7) is 0.129. The van der Waals surface area contributed by atoms with Gasteiger partial charge in [0.1, 0.15) is 23.3 Å². The SMILES string of the molecule is COc1ccccc1C(C#N)NC(=O)C1=NN(Cc2ccc(F)cc2)C(=O)CC1. The molecule has 29 heavy (non-hydrogen) atoms. The Balaban J connectivity index is 1.76. The highest BCUT2D eigenvalue weighted by molar-refractivity contribution is 6.39. The van der Waals surface area contributed by atoms with Crippen molar-refractivity contribution in [3.05, 3.63) is 65.5 Å². The Bertz CT molecular complexity index is 982. The molecule has 1 heterocycles. The van der Waals surface area contributed by atoms with Crippen LogP contribution >= 0.6 is 0 Å². The van der Waals surface area contributed by atoms with Gasteiger partial charge < -0.3 is 10.1 Å². The number of hydrogen-bond donors (Lipinski definition) is 1. The van der Waals surface area contributed by atoms with Gasteiger partial charge in [0.15, 0.2) is 0 Å². The van der Waals surface area contributed by atoms with Crippen LogP contribution in [0.1, 0.15) is 30.0 Å². The summed E-state index contributed by atoms with van der Waals surface area (Å²) in [5.74, 6) is -0.647. The van der Waals surface area contributed by atoms with Crippen LogP contribution in [0.4, 0.5) is 4.39 Å². The number of amides is 2. The predicted molar refractivity (Wildman–Crippen MR) is 103 cm³/mol. The second-order valence-electron chi connectivity index (χ2n) is 6.40. The Morgan fingerprint density at radius 2 is 2.00 bits per heavy atom. The first kappa shape index (κ1) is 20.0. The molecule has 2 aromatic rings. The maximum absolute atomic E-state index is 13.1. The number of hydrazone groups is 1. The molecule has 0 fully saturated rings. The fourth-order valence-corrected chi connectivity index (χ4v) is 2.95. The van der Waals surface area contributed by atoms with E-state index in [1.807, 2.05) is 6.07 Å². The number of carbonyl (C=O) groups excluding carboxylic acids is 2. The summed E-state index contributed by atoms with van der Waals surface area (Å²) in [7, 11) is 1.49. The second-order valence-corrected chi connectivity index (χ2v) is 6.40. The number of hydrogen-bond acceptors (Lipinski definition) is 5. The Kier molecular flexibility index (Phi) is 6.19. The zero-order valence-electron chi connectivity index (χ0n) is 15.8. The van der Waals surface area contributed by atoms with Gasteiger partial charge in [-0.2, -0.15) is 10.4 Å². The van der Waals surface area contributed by atoms with Crippen molar-refractivity contribution in [2.24, 2.45) is 5.10 Å². The lowest BCUT2D eigenvalue weighted by atomic mass is 10.1. The standard InChI is InChI=1S/C21H19FN4O3/c1-29-19-5-3-2-4-16(19)18(12-23)24-21(28)17-10-11-20(27)26(25-17)13-14-6-8-15(22)9-7-14/h2-9,18H,10-11,13H2,1H3,(H,24,28). The molecule has 1 aliphatic rings. The van der Waals surface area contributed by atoms with Crippen LogP contribution in [0.3, 0.4) is 0 Å². The van der Waals surface area contributed by atoms with Gasteiger partial charge in [0, 0.05) is 18.4 Å². The minimum atomic E-state index is -0.926. The molecular formula is C21H19FN4O3. The van der Waals surface area contributed by atoms with Crippen molar-refractivity contribution in [1.29, 1.82) is 5.26 Å². The molecule has 0 aromatic heterocycles. The number of nitriles is 1. The molecule has 0 aliphatic carbocycles. The van der Waals surface area contributed by atoms with E-state index < -0.39 is 11.9 Å². The fraction of sp³-hybridized carbons (Fsp3) is 0.238.